The summed E-state index contributed by atoms with van der Waals surface area (Å²) in [6, 6.07) is 4.46. The molecule has 1 fully saturated rings. The van der Waals surface area contributed by atoms with Crippen LogP contribution in [-0.2, 0) is 22.2 Å². The van der Waals surface area contributed by atoms with Gasteiger partial charge in [-0.25, -0.2) is 4.79 Å². The molecule has 1 aromatic carbocycles. The Hall–Kier alpha value is -3.56. The molecule has 0 spiro atoms. The number of nitrogens with one attached hydrogen (secondary N) is 2. The number of carbonyl (C=O) groups is 3. The van der Waals surface area contributed by atoms with Crippen molar-refractivity contribution in [2.45, 2.75) is 32.7 Å². The molecule has 1 atom stereocenters. The van der Waals surface area contributed by atoms with Crippen molar-refractivity contribution in [2.75, 3.05) is 25.1 Å². The number of urea groups is 1. The summed E-state index contributed by atoms with van der Waals surface area (Å²) in [5, 5.41) is 9.55. The fraction of sp³-hybridized carbons (Fsp3) is 0.429. The molecule has 3 rings (SSSR count). The minimum absolute atomic E-state index is 0.326. The number of imide groups is 1. The van der Waals surface area contributed by atoms with E-state index in [1.165, 1.54) is 0 Å². The van der Waals surface area contributed by atoms with Gasteiger partial charge in [-0.05, 0) is 32.4 Å². The minimum atomic E-state index is -1.24. The summed E-state index contributed by atoms with van der Waals surface area (Å²) in [6.07, 6.45) is 3.55. The van der Waals surface area contributed by atoms with Crippen molar-refractivity contribution in [3.8, 4) is 11.5 Å². The first-order valence-electron chi connectivity index (χ1n) is 10.2. The molecule has 10 heteroatoms. The summed E-state index contributed by atoms with van der Waals surface area (Å²) < 4.78 is 12.6. The number of ether oxygens (including phenoxy) is 2. The second-order valence-electron chi connectivity index (χ2n) is 7.06. The van der Waals surface area contributed by atoms with E-state index < -0.39 is 29.9 Å². The van der Waals surface area contributed by atoms with Gasteiger partial charge in [0.2, 0.25) is 5.91 Å². The first-order valence-corrected chi connectivity index (χ1v) is 10.2. The lowest BCUT2D eigenvalue weighted by Crippen LogP contribution is -2.44. The Morgan fingerprint density at radius 1 is 1.19 bits per heavy atom. The van der Waals surface area contributed by atoms with E-state index in [0.717, 1.165) is 4.90 Å². The van der Waals surface area contributed by atoms with Crippen LogP contribution in [0.4, 0.5) is 10.5 Å². The van der Waals surface area contributed by atoms with Gasteiger partial charge < -0.3 is 20.1 Å². The van der Waals surface area contributed by atoms with Crippen molar-refractivity contribution in [2.24, 2.45) is 7.05 Å². The average molecular weight is 429 g/mol. The largest absolute Gasteiger partial charge is 0.494 e. The highest BCUT2D eigenvalue weighted by Crippen LogP contribution is 2.33. The number of anilines is 1. The van der Waals surface area contributed by atoms with Crippen molar-refractivity contribution < 1.29 is 23.9 Å². The molecule has 4 amide bonds. The number of aryl methyl sites for hydroxylation is 1. The van der Waals surface area contributed by atoms with Crippen molar-refractivity contribution in [3.63, 3.8) is 0 Å². The van der Waals surface area contributed by atoms with Crippen LogP contribution in [-0.4, -0.2) is 52.3 Å². The lowest BCUT2D eigenvalue weighted by molar-refractivity contribution is -0.134. The number of carbonyl (C=O) groups excluding carboxylic acids is 3. The van der Waals surface area contributed by atoms with E-state index in [4.69, 9.17) is 9.47 Å². The number of amides is 4. The molecule has 1 aromatic heterocycles. The highest BCUT2D eigenvalue weighted by molar-refractivity contribution is 6.10. The lowest BCUT2D eigenvalue weighted by atomic mass is 9.89. The van der Waals surface area contributed by atoms with Gasteiger partial charge >= 0.3 is 6.03 Å². The molecule has 2 N–H and O–H groups in total. The zero-order valence-corrected chi connectivity index (χ0v) is 18.1. The molecule has 10 nitrogen and oxygen atoms in total. The smallest absolute Gasteiger partial charge is 0.325 e. The molecule has 31 heavy (non-hydrogen) atoms. The van der Waals surface area contributed by atoms with Crippen LogP contribution in [0.2, 0.25) is 0 Å². The monoisotopic (exact) mass is 429 g/mol. The maximum absolute atomic E-state index is 13.2. The van der Waals surface area contributed by atoms with Crippen LogP contribution in [0.3, 0.4) is 0 Å². The van der Waals surface area contributed by atoms with Crippen LogP contribution in [0.15, 0.2) is 30.6 Å². The topological polar surface area (TPSA) is 115 Å². The molecular weight excluding hydrogens is 402 g/mol. The predicted molar refractivity (Wildman–Crippen MR) is 113 cm³/mol. The Balaban J connectivity index is 1.78. The molecule has 1 aliphatic heterocycles. The Morgan fingerprint density at radius 3 is 2.55 bits per heavy atom. The number of rotatable bonds is 9. The van der Waals surface area contributed by atoms with E-state index in [0.29, 0.717) is 42.4 Å². The van der Waals surface area contributed by atoms with E-state index >= 15 is 0 Å². The van der Waals surface area contributed by atoms with Crippen molar-refractivity contribution in [3.05, 3.63) is 36.2 Å². The third kappa shape index (κ3) is 4.32. The van der Waals surface area contributed by atoms with Crippen LogP contribution in [0.25, 0.3) is 0 Å². The second-order valence-corrected chi connectivity index (χ2v) is 7.06. The van der Waals surface area contributed by atoms with Gasteiger partial charge in [0.05, 0.1) is 25.1 Å². The molecule has 2 heterocycles. The van der Waals surface area contributed by atoms with E-state index in [2.05, 4.69) is 15.7 Å². The highest BCUT2D eigenvalue weighted by Gasteiger charge is 2.52. The van der Waals surface area contributed by atoms with Gasteiger partial charge in [-0.3, -0.25) is 19.2 Å². The number of benzene rings is 1. The van der Waals surface area contributed by atoms with Crippen LogP contribution >= 0.6 is 0 Å². The predicted octanol–water partition coefficient (Wildman–Crippen LogP) is 2.01. The summed E-state index contributed by atoms with van der Waals surface area (Å²) in [4.78, 5) is 39.4. The summed E-state index contributed by atoms with van der Waals surface area (Å²) in [6.45, 7) is 5.93. The number of hydrogen-bond donors (Lipinski definition) is 2. The molecule has 0 aliphatic carbocycles. The molecule has 1 saturated heterocycles. The van der Waals surface area contributed by atoms with Gasteiger partial charge in [0.15, 0.2) is 0 Å². The first kappa shape index (κ1) is 22.1. The number of nitrogens with zero attached hydrogens (tertiary/aromatic N) is 3. The second kappa shape index (κ2) is 9.07. The number of hydrogen-bond acceptors (Lipinski definition) is 6. The fourth-order valence-electron chi connectivity index (χ4n) is 3.53. The van der Waals surface area contributed by atoms with Gasteiger partial charge in [-0.2, -0.15) is 5.10 Å². The van der Waals surface area contributed by atoms with Crippen LogP contribution in [0.1, 0.15) is 32.8 Å². The average Bonchev–Trinajstić information content (AvgIpc) is 3.27. The maximum Gasteiger partial charge on any atom is 0.325 e. The summed E-state index contributed by atoms with van der Waals surface area (Å²) in [5.74, 6) is 0.0139. The van der Waals surface area contributed by atoms with Crippen molar-refractivity contribution >= 4 is 23.5 Å². The highest BCUT2D eigenvalue weighted by atomic mass is 16.5. The molecular formula is C21H27N5O5. The Labute approximate surface area is 180 Å². The molecule has 0 saturated carbocycles. The Kier molecular flexibility index (Phi) is 6.47. The fourth-order valence-corrected chi connectivity index (χ4v) is 3.53. The maximum atomic E-state index is 13.2. The zero-order valence-electron chi connectivity index (χ0n) is 18.1. The summed E-state index contributed by atoms with van der Waals surface area (Å²) >= 11 is 0. The lowest BCUT2D eigenvalue weighted by Gasteiger charge is -2.23. The van der Waals surface area contributed by atoms with Gasteiger partial charge in [-0.1, -0.05) is 6.92 Å². The van der Waals surface area contributed by atoms with E-state index in [9.17, 15) is 14.4 Å². The van der Waals surface area contributed by atoms with Gasteiger partial charge in [0.25, 0.3) is 5.91 Å². The molecule has 2 aromatic rings. The quantitative estimate of drug-likeness (QED) is 0.590. The molecule has 1 aliphatic rings. The Bertz CT molecular complexity index is 988. The zero-order chi connectivity index (χ0) is 22.6. The molecule has 0 radical (unpaired) electrons. The van der Waals surface area contributed by atoms with E-state index in [-0.39, 0.29) is 0 Å². The standard InChI is InChI=1S/C21H27N5O5/c1-5-21(14-11-22-25(4)12-14)19(28)26(20(29)24-21)13-18(27)23-16-10-15(30-6-2)8-9-17(16)31-7-3/h8-12H,5-7,13H2,1-4H3,(H,23,27)(H,24,29). The summed E-state index contributed by atoms with van der Waals surface area (Å²) in [5.41, 5.74) is -0.266. The van der Waals surface area contributed by atoms with Crippen LogP contribution in [0, 0.1) is 0 Å². The first-order chi connectivity index (χ1) is 14.8. The van der Waals surface area contributed by atoms with E-state index in [1.807, 2.05) is 13.8 Å². The minimum Gasteiger partial charge on any atom is -0.494 e. The van der Waals surface area contributed by atoms with Crippen LogP contribution < -0.4 is 20.1 Å². The van der Waals surface area contributed by atoms with Gasteiger partial charge in [0, 0.05) is 24.9 Å². The normalized spacial score (nSPS) is 18.1. The molecule has 166 valence electrons. The van der Waals surface area contributed by atoms with Crippen molar-refractivity contribution in [1.29, 1.82) is 0 Å². The van der Waals surface area contributed by atoms with Gasteiger partial charge in [0.1, 0.15) is 23.6 Å². The molecule has 0 bridgehead atoms. The summed E-state index contributed by atoms with van der Waals surface area (Å²) in [7, 11) is 1.73. The van der Waals surface area contributed by atoms with E-state index in [1.54, 1.807) is 49.2 Å². The van der Waals surface area contributed by atoms with Crippen molar-refractivity contribution in [1.82, 2.24) is 20.0 Å². The van der Waals surface area contributed by atoms with Crippen LogP contribution in [0.5, 0.6) is 11.5 Å². The third-order valence-electron chi connectivity index (χ3n) is 5.04. The number of aromatic nitrogens is 2. The molecule has 1 unspecified atom stereocenters. The SMILES string of the molecule is CCOc1ccc(OCC)c(NC(=O)CN2C(=O)NC(CC)(c3cnn(C)c3)C2=O)c1. The Morgan fingerprint density at radius 2 is 1.94 bits per heavy atom. The van der Waals surface area contributed by atoms with Gasteiger partial charge in [-0.15, -0.1) is 0 Å². The third-order valence-corrected chi connectivity index (χ3v) is 5.04.